The second-order valence-corrected chi connectivity index (χ2v) is 24.7. The zero-order valence-corrected chi connectivity index (χ0v) is 51.9. The van der Waals surface area contributed by atoms with Gasteiger partial charge >= 0.3 is 0 Å². The van der Waals surface area contributed by atoms with Crippen molar-refractivity contribution in [2.24, 2.45) is 0 Å². The Labute approximate surface area is 473 Å². The summed E-state index contributed by atoms with van der Waals surface area (Å²) in [5.74, 6) is -0.0208. The average molecular weight is 1060 g/mol. The zero-order valence-electron chi connectivity index (χ0n) is 51.9. The predicted molar refractivity (Wildman–Crippen MR) is 336 cm³/mol. The number of rotatable bonds is 67. The molecular weight excluding hydrogens is 915 g/mol. The largest absolute Gasteiger partial charge is 0.394 e. The minimum absolute atomic E-state index is 0.0208. The van der Waals surface area contributed by atoms with Crippen LogP contribution in [0, 0.1) is 0 Å². The second-order valence-electron chi connectivity index (χ2n) is 24.7. The Morgan fingerprint density at radius 1 is 0.307 bits per heavy atom. The normalized spacial score (nSPS) is 12.6. The van der Waals surface area contributed by atoms with Crippen molar-refractivity contribution in [2.75, 3.05) is 6.61 Å². The molecule has 0 aromatic carbocycles. The van der Waals surface area contributed by atoms with Crippen molar-refractivity contribution in [3.8, 4) is 0 Å². The van der Waals surface area contributed by atoms with Crippen LogP contribution in [0.15, 0.2) is 12.2 Å². The van der Waals surface area contributed by atoms with Crippen LogP contribution in [0.25, 0.3) is 0 Å². The van der Waals surface area contributed by atoms with Crippen molar-refractivity contribution < 1.29 is 15.0 Å². The van der Waals surface area contributed by atoms with E-state index in [1.165, 1.54) is 366 Å². The number of carbonyl (C=O) groups is 1. The summed E-state index contributed by atoms with van der Waals surface area (Å²) in [5, 5.41) is 23.5. The van der Waals surface area contributed by atoms with Crippen LogP contribution in [-0.2, 0) is 4.79 Å². The van der Waals surface area contributed by atoms with Crippen LogP contribution in [0.3, 0.4) is 0 Å². The number of hydrogen-bond donors (Lipinski definition) is 3. The smallest absolute Gasteiger partial charge is 0.220 e. The molecular formula is C71H141NO3. The molecule has 0 aliphatic rings. The van der Waals surface area contributed by atoms with Crippen LogP contribution < -0.4 is 5.32 Å². The van der Waals surface area contributed by atoms with Crippen LogP contribution in [0.2, 0.25) is 0 Å². The van der Waals surface area contributed by atoms with E-state index in [0.29, 0.717) is 12.8 Å². The molecule has 4 nitrogen and oxygen atoms in total. The first-order valence-corrected chi connectivity index (χ1v) is 35.4. The first-order chi connectivity index (χ1) is 37.2. The Hall–Kier alpha value is -0.870. The van der Waals surface area contributed by atoms with Crippen LogP contribution in [-0.4, -0.2) is 34.9 Å². The molecule has 0 aliphatic carbocycles. The van der Waals surface area contributed by atoms with E-state index < -0.39 is 12.1 Å². The highest BCUT2D eigenvalue weighted by molar-refractivity contribution is 5.76. The maximum Gasteiger partial charge on any atom is 0.220 e. The highest BCUT2D eigenvalue weighted by Gasteiger charge is 2.20. The third-order valence-electron chi connectivity index (χ3n) is 17.0. The zero-order chi connectivity index (χ0) is 54.1. The fourth-order valence-electron chi connectivity index (χ4n) is 11.7. The van der Waals surface area contributed by atoms with Gasteiger partial charge in [0.15, 0.2) is 0 Å². The van der Waals surface area contributed by atoms with Crippen molar-refractivity contribution in [1.82, 2.24) is 5.32 Å². The minimum Gasteiger partial charge on any atom is -0.394 e. The highest BCUT2D eigenvalue weighted by Crippen LogP contribution is 2.20. The lowest BCUT2D eigenvalue weighted by atomic mass is 10.0. The molecule has 0 aromatic heterocycles. The monoisotopic (exact) mass is 1060 g/mol. The number of nitrogens with one attached hydrogen (secondary N) is 1. The molecule has 2 atom stereocenters. The third-order valence-corrected chi connectivity index (χ3v) is 17.0. The number of aliphatic hydroxyl groups excluding tert-OH is 2. The van der Waals surface area contributed by atoms with E-state index in [9.17, 15) is 15.0 Å². The van der Waals surface area contributed by atoms with E-state index in [1.807, 2.05) is 0 Å². The predicted octanol–water partition coefficient (Wildman–Crippen LogP) is 24.0. The Bertz CT molecular complexity index is 1060. The third kappa shape index (κ3) is 63.8. The highest BCUT2D eigenvalue weighted by atomic mass is 16.3. The van der Waals surface area contributed by atoms with Gasteiger partial charge in [-0.1, -0.05) is 386 Å². The molecule has 2 unspecified atom stereocenters. The van der Waals surface area contributed by atoms with E-state index >= 15 is 0 Å². The first-order valence-electron chi connectivity index (χ1n) is 35.4. The molecule has 0 saturated carbocycles. The molecule has 0 aliphatic heterocycles. The number of carbonyl (C=O) groups excluding carboxylic acids is 1. The molecule has 0 radical (unpaired) electrons. The first kappa shape index (κ1) is 74.1. The summed E-state index contributed by atoms with van der Waals surface area (Å²) in [7, 11) is 0. The molecule has 0 fully saturated rings. The van der Waals surface area contributed by atoms with Gasteiger partial charge in [-0.2, -0.15) is 0 Å². The minimum atomic E-state index is -0.658. The van der Waals surface area contributed by atoms with Gasteiger partial charge in [0, 0.05) is 6.42 Å². The van der Waals surface area contributed by atoms with E-state index in [1.54, 1.807) is 0 Å². The van der Waals surface area contributed by atoms with Gasteiger partial charge in [0.25, 0.3) is 0 Å². The number of aliphatic hydroxyl groups is 2. The molecule has 3 N–H and O–H groups in total. The number of allylic oxidation sites excluding steroid dienone is 2. The Kier molecular flexibility index (Phi) is 66.6. The molecule has 0 saturated heterocycles. The maximum absolute atomic E-state index is 12.6. The molecule has 0 spiro atoms. The lowest BCUT2D eigenvalue weighted by molar-refractivity contribution is -0.123. The van der Waals surface area contributed by atoms with Crippen molar-refractivity contribution >= 4 is 5.91 Å². The standard InChI is InChI=1S/C71H141NO3/c1-3-5-7-9-11-13-15-17-19-21-23-25-27-29-31-33-35-37-38-40-42-44-46-48-50-52-54-56-58-60-62-64-66-70(74)69(68-73)72-71(75)67-65-63-61-59-57-55-53-51-49-47-45-43-41-39-36-34-32-30-28-26-24-22-20-18-16-14-12-10-8-6-4-2/h22,24,69-70,73-74H,3-21,23,25-68H2,1-2H3,(H,72,75)/b24-22-. The Balaban J connectivity index is 3.37. The van der Waals surface area contributed by atoms with Crippen LogP contribution in [0.1, 0.15) is 418 Å². The lowest BCUT2D eigenvalue weighted by Gasteiger charge is -2.22. The van der Waals surface area contributed by atoms with Crippen LogP contribution in [0.4, 0.5) is 0 Å². The number of unbranched alkanes of at least 4 members (excludes halogenated alkanes) is 58. The van der Waals surface area contributed by atoms with Crippen molar-refractivity contribution in [3.05, 3.63) is 12.2 Å². The molecule has 448 valence electrons. The quantitative estimate of drug-likeness (QED) is 0.0420. The molecule has 75 heavy (non-hydrogen) atoms. The van der Waals surface area contributed by atoms with Crippen LogP contribution >= 0.6 is 0 Å². The summed E-state index contributed by atoms with van der Waals surface area (Å²) in [6, 6.07) is -0.535. The maximum atomic E-state index is 12.6. The lowest BCUT2D eigenvalue weighted by Crippen LogP contribution is -2.45. The number of amides is 1. The molecule has 0 aromatic rings. The summed E-state index contributed by atoms with van der Waals surface area (Å²) in [6.07, 6.45) is 89.9. The summed E-state index contributed by atoms with van der Waals surface area (Å²) in [5.41, 5.74) is 0. The van der Waals surface area contributed by atoms with Gasteiger partial charge in [-0.25, -0.2) is 0 Å². The summed E-state index contributed by atoms with van der Waals surface area (Å²) in [6.45, 7) is 4.41. The van der Waals surface area contributed by atoms with Gasteiger partial charge in [-0.15, -0.1) is 0 Å². The van der Waals surface area contributed by atoms with Gasteiger partial charge < -0.3 is 15.5 Å². The molecule has 0 rings (SSSR count). The van der Waals surface area contributed by atoms with Crippen molar-refractivity contribution in [3.63, 3.8) is 0 Å². The van der Waals surface area contributed by atoms with Gasteiger partial charge in [0.05, 0.1) is 18.8 Å². The van der Waals surface area contributed by atoms with Gasteiger partial charge in [-0.3, -0.25) is 4.79 Å². The average Bonchev–Trinajstić information content (AvgIpc) is 3.41. The van der Waals surface area contributed by atoms with E-state index in [4.69, 9.17) is 0 Å². The summed E-state index contributed by atoms with van der Waals surface area (Å²) < 4.78 is 0. The van der Waals surface area contributed by atoms with Crippen molar-refractivity contribution in [1.29, 1.82) is 0 Å². The Morgan fingerprint density at radius 2 is 0.507 bits per heavy atom. The second kappa shape index (κ2) is 67.4. The van der Waals surface area contributed by atoms with Gasteiger partial charge in [0.1, 0.15) is 0 Å². The Morgan fingerprint density at radius 3 is 0.733 bits per heavy atom. The van der Waals surface area contributed by atoms with Gasteiger partial charge in [-0.05, 0) is 38.5 Å². The fraction of sp³-hybridized carbons (Fsp3) is 0.958. The van der Waals surface area contributed by atoms with Crippen LogP contribution in [0.5, 0.6) is 0 Å². The summed E-state index contributed by atoms with van der Waals surface area (Å²) in [4.78, 5) is 12.6. The van der Waals surface area contributed by atoms with E-state index in [-0.39, 0.29) is 12.5 Å². The topological polar surface area (TPSA) is 69.6 Å². The SMILES string of the molecule is CCCCCCCCCC/C=C\CCCCCCCCCCCCCCCCCCCCCC(=O)NC(CO)C(O)CCCCCCCCCCCCCCCCCCCCCCCCCCCCCCCCCC. The molecule has 4 heteroatoms. The summed E-state index contributed by atoms with van der Waals surface area (Å²) >= 11 is 0. The van der Waals surface area contributed by atoms with E-state index in [2.05, 4.69) is 31.3 Å². The number of hydrogen-bond acceptors (Lipinski definition) is 3. The van der Waals surface area contributed by atoms with Crippen molar-refractivity contribution in [2.45, 2.75) is 431 Å². The van der Waals surface area contributed by atoms with E-state index in [0.717, 1.165) is 25.7 Å². The molecule has 1 amide bonds. The van der Waals surface area contributed by atoms with Gasteiger partial charge in [0.2, 0.25) is 5.91 Å². The fourth-order valence-corrected chi connectivity index (χ4v) is 11.7. The molecule has 0 bridgehead atoms. The molecule has 0 heterocycles.